The maximum atomic E-state index is 10.2. The highest BCUT2D eigenvalue weighted by molar-refractivity contribution is 6.22. The Hall–Kier alpha value is -11.8. The Balaban J connectivity index is 0.880. The van der Waals surface area contributed by atoms with E-state index in [-0.39, 0.29) is 0 Å². The van der Waals surface area contributed by atoms with Crippen molar-refractivity contribution in [2.75, 3.05) is 9.80 Å². The molecule has 0 heterocycles. The first-order chi connectivity index (χ1) is 43.6. The summed E-state index contributed by atoms with van der Waals surface area (Å²) in [4.78, 5) is 4.74. The van der Waals surface area contributed by atoms with E-state index in [4.69, 9.17) is 0 Å². The van der Waals surface area contributed by atoms with Gasteiger partial charge in [-0.1, -0.05) is 243 Å². The second-order valence-corrected chi connectivity index (χ2v) is 22.9. The average molecular weight is 1120 g/mol. The van der Waals surface area contributed by atoms with Gasteiger partial charge in [0, 0.05) is 39.2 Å². The number of hydrogen-bond donors (Lipinski definition) is 0. The predicted molar refractivity (Wildman–Crippen MR) is 360 cm³/mol. The molecule has 2 aliphatic carbocycles. The van der Waals surface area contributed by atoms with E-state index in [9.17, 15) is 10.5 Å². The summed E-state index contributed by atoms with van der Waals surface area (Å²) in [6.45, 7) is 0. The molecule has 2 aliphatic rings. The van der Waals surface area contributed by atoms with Crippen LogP contribution in [0.5, 0.6) is 0 Å². The van der Waals surface area contributed by atoms with Crippen LogP contribution in [0.15, 0.2) is 328 Å². The maximum Gasteiger partial charge on any atom is 0.0991 e. The topological polar surface area (TPSA) is 54.1 Å². The van der Waals surface area contributed by atoms with Crippen molar-refractivity contribution in [2.24, 2.45) is 0 Å². The minimum Gasteiger partial charge on any atom is -0.310 e. The molecular formula is C84H54N4. The number of rotatable bonds is 11. The molecule has 14 aromatic rings. The van der Waals surface area contributed by atoms with Crippen LogP contribution in [-0.2, 0) is 10.8 Å². The lowest BCUT2D eigenvalue weighted by Crippen LogP contribution is -2.28. The van der Waals surface area contributed by atoms with Gasteiger partial charge in [0.2, 0.25) is 0 Å². The largest absolute Gasteiger partial charge is 0.310 e. The Labute approximate surface area is 512 Å². The van der Waals surface area contributed by atoms with Crippen LogP contribution in [0.3, 0.4) is 0 Å². The Morgan fingerprint density at radius 1 is 0.250 bits per heavy atom. The normalized spacial score (nSPS) is 12.9. The van der Waals surface area contributed by atoms with Crippen molar-refractivity contribution >= 4 is 55.7 Å². The van der Waals surface area contributed by atoms with Gasteiger partial charge in [0.15, 0.2) is 0 Å². The summed E-state index contributed by atoms with van der Waals surface area (Å²) < 4.78 is 0. The second-order valence-electron chi connectivity index (χ2n) is 22.9. The van der Waals surface area contributed by atoms with E-state index in [0.29, 0.717) is 11.1 Å². The van der Waals surface area contributed by atoms with Crippen molar-refractivity contribution < 1.29 is 0 Å². The molecule has 0 aromatic heterocycles. The number of fused-ring (bicyclic) bond motifs is 8. The summed E-state index contributed by atoms with van der Waals surface area (Å²) >= 11 is 0. The van der Waals surface area contributed by atoms with Crippen molar-refractivity contribution in [3.8, 4) is 45.5 Å². The van der Waals surface area contributed by atoms with E-state index < -0.39 is 10.8 Å². The Bertz CT molecular complexity index is 4950. The van der Waals surface area contributed by atoms with Crippen LogP contribution in [0.25, 0.3) is 54.9 Å². The zero-order valence-corrected chi connectivity index (χ0v) is 48.0. The van der Waals surface area contributed by atoms with Gasteiger partial charge in [0.25, 0.3) is 0 Å². The van der Waals surface area contributed by atoms with Crippen molar-refractivity contribution in [3.63, 3.8) is 0 Å². The number of hydrogen-bond acceptors (Lipinski definition) is 4. The molecule has 0 atom stereocenters. The molecule has 0 unspecified atom stereocenters. The van der Waals surface area contributed by atoms with E-state index in [2.05, 4.69) is 325 Å². The lowest BCUT2D eigenvalue weighted by atomic mass is 9.67. The molecule has 410 valence electrons. The molecule has 14 aromatic carbocycles. The Morgan fingerprint density at radius 3 is 0.955 bits per heavy atom. The highest BCUT2D eigenvalue weighted by Gasteiger charge is 2.48. The van der Waals surface area contributed by atoms with Crippen molar-refractivity contribution in [3.05, 3.63) is 383 Å². The van der Waals surface area contributed by atoms with Gasteiger partial charge in [0.05, 0.1) is 39.8 Å². The third kappa shape index (κ3) is 7.90. The monoisotopic (exact) mass is 1120 g/mol. The molecule has 0 spiro atoms. The lowest BCUT2D eigenvalue weighted by molar-refractivity contribution is 0.768. The van der Waals surface area contributed by atoms with Crippen molar-refractivity contribution in [2.45, 2.75) is 10.8 Å². The smallest absolute Gasteiger partial charge is 0.0991 e. The molecule has 0 amide bonds. The van der Waals surface area contributed by atoms with Crippen LogP contribution < -0.4 is 9.80 Å². The average Bonchev–Trinajstić information content (AvgIpc) is 1.53. The highest BCUT2D eigenvalue weighted by atomic mass is 15.2. The maximum absolute atomic E-state index is 10.2. The number of nitrogens with zero attached hydrogens (tertiary/aromatic N) is 4. The van der Waals surface area contributed by atoms with Crippen molar-refractivity contribution in [1.82, 2.24) is 0 Å². The van der Waals surface area contributed by atoms with E-state index in [1.54, 1.807) is 0 Å². The van der Waals surface area contributed by atoms with Crippen LogP contribution in [0.4, 0.5) is 34.1 Å². The Morgan fingerprint density at radius 2 is 0.557 bits per heavy atom. The minimum atomic E-state index is -0.613. The Kier molecular flexibility index (Phi) is 12.4. The van der Waals surface area contributed by atoms with Crippen LogP contribution in [0.1, 0.15) is 55.6 Å². The molecule has 88 heavy (non-hydrogen) atoms. The third-order valence-electron chi connectivity index (χ3n) is 18.5. The molecule has 0 fully saturated rings. The van der Waals surface area contributed by atoms with Gasteiger partial charge >= 0.3 is 0 Å². The molecule has 0 radical (unpaired) electrons. The zero-order chi connectivity index (χ0) is 58.8. The quantitative estimate of drug-likeness (QED) is 0.121. The molecule has 0 aliphatic heterocycles. The fourth-order valence-electron chi connectivity index (χ4n) is 14.8. The lowest BCUT2D eigenvalue weighted by Gasteiger charge is -2.35. The number of nitriles is 2. The predicted octanol–water partition coefficient (Wildman–Crippen LogP) is 21.1. The zero-order valence-electron chi connectivity index (χ0n) is 48.0. The first-order valence-electron chi connectivity index (χ1n) is 29.9. The summed E-state index contributed by atoms with van der Waals surface area (Å²) in [5.41, 5.74) is 22.7. The first kappa shape index (κ1) is 51.8. The first-order valence-corrected chi connectivity index (χ1v) is 29.9. The van der Waals surface area contributed by atoms with Crippen LogP contribution in [0, 0.1) is 22.7 Å². The summed E-state index contributed by atoms with van der Waals surface area (Å²) in [7, 11) is 0. The van der Waals surface area contributed by atoms with E-state index >= 15 is 0 Å². The SMILES string of the molecule is N#Cc1ccc(N(c2ccc(-c3c4ccccc4c(N(c4ccc(C#N)cc4)c4ccc5c(c4)C(c4ccccc4)(c4ccccc4)c4ccccc4-5)c4ccccc34)cc2)c2ccc3c(c2)C(c2ccccc2)(c2ccccc2)c2ccccc2-3)cc1. The second kappa shape index (κ2) is 21.1. The fourth-order valence-corrected chi connectivity index (χ4v) is 14.8. The fraction of sp³-hybridized carbons (Fsp3) is 0.0238. The van der Waals surface area contributed by atoms with Gasteiger partial charge in [0.1, 0.15) is 0 Å². The molecule has 16 rings (SSSR count). The summed E-state index contributed by atoms with van der Waals surface area (Å²) in [6.07, 6.45) is 0. The summed E-state index contributed by atoms with van der Waals surface area (Å²) in [6, 6.07) is 123. The molecule has 0 saturated carbocycles. The van der Waals surface area contributed by atoms with E-state index in [1.165, 1.54) is 66.8 Å². The van der Waals surface area contributed by atoms with Crippen LogP contribution >= 0.6 is 0 Å². The highest BCUT2D eigenvalue weighted by Crippen LogP contribution is 2.60. The van der Waals surface area contributed by atoms with Gasteiger partial charge in [-0.2, -0.15) is 10.5 Å². The standard InChI is InChI=1S/C84H54N4/c85-55-57-37-43-64(44-38-57)87(67-49-51-71-69-29-17-19-35-77(69)83(79(71)53-67,60-21-5-1-6-22-60)61-23-7-2-8-24-61)65-47-41-59(42-48-65)81-73-31-13-15-33-75(73)82(76-34-16-14-32-74(76)81)88(66-45-39-58(56-86)40-46-66)68-50-52-72-70-30-18-20-36-78(70)84(80(72)54-68,62-25-9-3-10-26-62)63-27-11-4-12-28-63/h1-54H. The summed E-state index contributed by atoms with van der Waals surface area (Å²) in [5.74, 6) is 0. The van der Waals surface area contributed by atoms with Gasteiger partial charge in [-0.3, -0.25) is 0 Å². The van der Waals surface area contributed by atoms with E-state index in [0.717, 1.165) is 66.8 Å². The van der Waals surface area contributed by atoms with Gasteiger partial charge in [-0.15, -0.1) is 0 Å². The summed E-state index contributed by atoms with van der Waals surface area (Å²) in [5, 5.41) is 24.6. The molecule has 0 saturated heterocycles. The van der Waals surface area contributed by atoms with E-state index in [1.807, 2.05) is 24.3 Å². The molecule has 4 nitrogen and oxygen atoms in total. The van der Waals surface area contributed by atoms with Crippen molar-refractivity contribution in [1.29, 1.82) is 10.5 Å². The molecule has 4 heteroatoms. The number of anilines is 6. The van der Waals surface area contributed by atoms with Gasteiger partial charge in [-0.05, 0) is 174 Å². The van der Waals surface area contributed by atoms with Gasteiger partial charge in [-0.25, -0.2) is 0 Å². The third-order valence-corrected chi connectivity index (χ3v) is 18.5. The number of benzene rings is 14. The minimum absolute atomic E-state index is 0.587. The van der Waals surface area contributed by atoms with Crippen LogP contribution in [0.2, 0.25) is 0 Å². The molecule has 0 bridgehead atoms. The van der Waals surface area contributed by atoms with Crippen LogP contribution in [-0.4, -0.2) is 0 Å². The van der Waals surface area contributed by atoms with Gasteiger partial charge < -0.3 is 9.80 Å². The molecular weight excluding hydrogens is 1060 g/mol. The molecule has 0 N–H and O–H groups in total.